The van der Waals surface area contributed by atoms with Crippen molar-refractivity contribution in [2.24, 2.45) is 0 Å². The summed E-state index contributed by atoms with van der Waals surface area (Å²) in [4.78, 5) is 13.6. The molecule has 1 aromatic carbocycles. The summed E-state index contributed by atoms with van der Waals surface area (Å²) in [5.74, 6) is 0. The van der Waals surface area contributed by atoms with Crippen molar-refractivity contribution in [1.82, 2.24) is 10.2 Å². The van der Waals surface area contributed by atoms with Gasteiger partial charge in [-0.15, -0.1) is 0 Å². The zero-order valence-electron chi connectivity index (χ0n) is 9.03. The highest BCUT2D eigenvalue weighted by atomic mass is 127. The number of nitrogens with one attached hydrogen (secondary N) is 1. The second-order valence-corrected chi connectivity index (χ2v) is 4.91. The maximum atomic E-state index is 11.7. The van der Waals surface area contributed by atoms with E-state index in [4.69, 9.17) is 0 Å². The van der Waals surface area contributed by atoms with Crippen molar-refractivity contribution >= 4 is 28.6 Å². The molecule has 1 fully saturated rings. The smallest absolute Gasteiger partial charge is 0.318 e. The van der Waals surface area contributed by atoms with Gasteiger partial charge in [0.15, 0.2) is 0 Å². The van der Waals surface area contributed by atoms with Gasteiger partial charge in [-0.05, 0) is 12.0 Å². The molecule has 0 spiro atoms. The van der Waals surface area contributed by atoms with Gasteiger partial charge in [-0.1, -0.05) is 52.9 Å². The quantitative estimate of drug-likeness (QED) is 0.668. The summed E-state index contributed by atoms with van der Waals surface area (Å²) in [6.45, 7) is 1.58. The van der Waals surface area contributed by atoms with E-state index >= 15 is 0 Å². The lowest BCUT2D eigenvalue weighted by molar-refractivity contribution is 0.197. The summed E-state index contributed by atoms with van der Waals surface area (Å²) in [6, 6.07) is 10.6. The van der Waals surface area contributed by atoms with Gasteiger partial charge in [0.25, 0.3) is 0 Å². The van der Waals surface area contributed by atoms with Crippen molar-refractivity contribution in [2.75, 3.05) is 17.5 Å². The molecule has 86 valence electrons. The standard InChI is InChI=1S/C12H15IN2O/c13-7-6-11(10-4-2-1-3-5-10)15-9-8-14-12(15)16/h1-5,11H,6-9H2,(H,14,16). The number of amides is 2. The minimum atomic E-state index is 0.0682. The molecular formula is C12H15IN2O. The molecule has 0 aromatic heterocycles. The Bertz CT molecular complexity index is 355. The van der Waals surface area contributed by atoms with Crippen molar-refractivity contribution in [3.8, 4) is 0 Å². The van der Waals surface area contributed by atoms with Crippen LogP contribution >= 0.6 is 22.6 Å². The molecule has 2 rings (SSSR count). The topological polar surface area (TPSA) is 32.3 Å². The SMILES string of the molecule is O=C1NCCN1C(CCI)c1ccccc1. The summed E-state index contributed by atoms with van der Waals surface area (Å²) >= 11 is 2.36. The number of benzene rings is 1. The first kappa shape index (κ1) is 11.7. The molecule has 1 unspecified atom stereocenters. The maximum absolute atomic E-state index is 11.7. The predicted octanol–water partition coefficient (Wildman–Crippen LogP) is 2.58. The maximum Gasteiger partial charge on any atom is 0.318 e. The van der Waals surface area contributed by atoms with Gasteiger partial charge < -0.3 is 10.2 Å². The molecule has 0 bridgehead atoms. The summed E-state index contributed by atoms with van der Waals surface area (Å²) < 4.78 is 1.06. The molecule has 1 aliphatic rings. The second kappa shape index (κ2) is 5.52. The first-order valence-corrected chi connectivity index (χ1v) is 7.01. The average molecular weight is 330 g/mol. The van der Waals surface area contributed by atoms with Gasteiger partial charge in [-0.3, -0.25) is 0 Å². The minimum absolute atomic E-state index is 0.0682. The van der Waals surface area contributed by atoms with Crippen molar-refractivity contribution < 1.29 is 4.79 Å². The summed E-state index contributed by atoms with van der Waals surface area (Å²) in [5.41, 5.74) is 1.23. The number of alkyl halides is 1. The van der Waals surface area contributed by atoms with Crippen LogP contribution in [0.15, 0.2) is 30.3 Å². The molecule has 3 nitrogen and oxygen atoms in total. The van der Waals surface area contributed by atoms with E-state index in [0.717, 1.165) is 23.9 Å². The Hall–Kier alpha value is -0.780. The highest BCUT2D eigenvalue weighted by Crippen LogP contribution is 2.26. The molecule has 1 heterocycles. The van der Waals surface area contributed by atoms with Crippen LogP contribution in [-0.4, -0.2) is 28.4 Å². The lowest BCUT2D eigenvalue weighted by atomic mass is 10.0. The first-order chi connectivity index (χ1) is 7.83. The van der Waals surface area contributed by atoms with Crippen LogP contribution in [0.1, 0.15) is 18.0 Å². The van der Waals surface area contributed by atoms with Gasteiger partial charge in [0.2, 0.25) is 0 Å². The zero-order chi connectivity index (χ0) is 11.4. The van der Waals surface area contributed by atoms with Crippen molar-refractivity contribution in [1.29, 1.82) is 0 Å². The van der Waals surface area contributed by atoms with E-state index in [1.807, 2.05) is 23.1 Å². The van der Waals surface area contributed by atoms with Gasteiger partial charge in [-0.25, -0.2) is 4.79 Å². The van der Waals surface area contributed by atoms with E-state index in [1.165, 1.54) is 5.56 Å². The van der Waals surface area contributed by atoms with Gasteiger partial charge in [0.05, 0.1) is 6.04 Å². The van der Waals surface area contributed by atoms with Crippen LogP contribution in [0.5, 0.6) is 0 Å². The summed E-state index contributed by atoms with van der Waals surface area (Å²) in [5, 5.41) is 2.86. The summed E-state index contributed by atoms with van der Waals surface area (Å²) in [6.07, 6.45) is 1.01. The van der Waals surface area contributed by atoms with Crippen LogP contribution in [0, 0.1) is 0 Å². The number of carbonyl (C=O) groups is 1. The number of halogens is 1. The molecule has 16 heavy (non-hydrogen) atoms. The number of hydrogen-bond donors (Lipinski definition) is 1. The van der Waals surface area contributed by atoms with Crippen LogP contribution in [0.2, 0.25) is 0 Å². The Labute approximate surface area is 109 Å². The molecule has 1 saturated heterocycles. The van der Waals surface area contributed by atoms with E-state index in [9.17, 15) is 4.79 Å². The molecule has 1 aromatic rings. The van der Waals surface area contributed by atoms with E-state index in [1.54, 1.807) is 0 Å². The first-order valence-electron chi connectivity index (χ1n) is 5.48. The zero-order valence-corrected chi connectivity index (χ0v) is 11.2. The number of nitrogens with zero attached hydrogens (tertiary/aromatic N) is 1. The highest BCUT2D eigenvalue weighted by molar-refractivity contribution is 14.1. The fraction of sp³-hybridized carbons (Fsp3) is 0.417. The van der Waals surface area contributed by atoms with E-state index in [0.29, 0.717) is 0 Å². The van der Waals surface area contributed by atoms with Crippen LogP contribution in [-0.2, 0) is 0 Å². The number of carbonyl (C=O) groups excluding carboxylic acids is 1. The third-order valence-corrected chi connectivity index (χ3v) is 3.46. The Kier molecular flexibility index (Phi) is 4.04. The molecule has 1 N–H and O–H groups in total. The van der Waals surface area contributed by atoms with Gasteiger partial charge in [0.1, 0.15) is 0 Å². The molecule has 4 heteroatoms. The normalized spacial score (nSPS) is 17.3. The Morgan fingerprint density at radius 1 is 1.38 bits per heavy atom. The Balaban J connectivity index is 2.20. The van der Waals surface area contributed by atoms with E-state index in [-0.39, 0.29) is 12.1 Å². The third kappa shape index (κ3) is 2.48. The molecular weight excluding hydrogens is 315 g/mol. The fourth-order valence-corrected chi connectivity index (χ4v) is 2.65. The van der Waals surface area contributed by atoms with Gasteiger partial charge >= 0.3 is 6.03 Å². The molecule has 0 saturated carbocycles. The molecule has 2 amide bonds. The van der Waals surface area contributed by atoms with Crippen molar-refractivity contribution in [3.05, 3.63) is 35.9 Å². The minimum Gasteiger partial charge on any atom is -0.336 e. The van der Waals surface area contributed by atoms with Crippen LogP contribution in [0.3, 0.4) is 0 Å². The summed E-state index contributed by atoms with van der Waals surface area (Å²) in [7, 11) is 0. The number of rotatable bonds is 4. The second-order valence-electron chi connectivity index (χ2n) is 3.83. The van der Waals surface area contributed by atoms with E-state index < -0.39 is 0 Å². The monoisotopic (exact) mass is 330 g/mol. The molecule has 1 atom stereocenters. The average Bonchev–Trinajstić information content (AvgIpc) is 2.73. The number of hydrogen-bond acceptors (Lipinski definition) is 1. The molecule has 0 aliphatic carbocycles. The fourth-order valence-electron chi connectivity index (χ4n) is 2.06. The van der Waals surface area contributed by atoms with Crippen LogP contribution in [0.25, 0.3) is 0 Å². The number of urea groups is 1. The Morgan fingerprint density at radius 2 is 2.12 bits per heavy atom. The predicted molar refractivity (Wildman–Crippen MR) is 72.8 cm³/mol. The van der Waals surface area contributed by atoms with Crippen molar-refractivity contribution in [3.63, 3.8) is 0 Å². The Morgan fingerprint density at radius 3 is 2.69 bits per heavy atom. The van der Waals surface area contributed by atoms with Gasteiger partial charge in [-0.2, -0.15) is 0 Å². The van der Waals surface area contributed by atoms with Crippen LogP contribution < -0.4 is 5.32 Å². The van der Waals surface area contributed by atoms with Crippen LogP contribution in [0.4, 0.5) is 4.79 Å². The lowest BCUT2D eigenvalue weighted by Crippen LogP contribution is -2.32. The highest BCUT2D eigenvalue weighted by Gasteiger charge is 2.27. The third-order valence-electron chi connectivity index (χ3n) is 2.83. The van der Waals surface area contributed by atoms with Crippen molar-refractivity contribution in [2.45, 2.75) is 12.5 Å². The largest absolute Gasteiger partial charge is 0.336 e. The molecule has 1 aliphatic heterocycles. The molecule has 0 radical (unpaired) electrons. The van der Waals surface area contributed by atoms with Gasteiger partial charge in [0, 0.05) is 17.5 Å². The van der Waals surface area contributed by atoms with E-state index in [2.05, 4.69) is 40.0 Å². The lowest BCUT2D eigenvalue weighted by Gasteiger charge is -2.26.